The maximum absolute atomic E-state index is 10.5. The van der Waals surface area contributed by atoms with Gasteiger partial charge in [-0.05, 0) is 35.5 Å². The topological polar surface area (TPSA) is 60.7 Å². The third-order valence-corrected chi connectivity index (χ3v) is 6.73. The van der Waals surface area contributed by atoms with Crippen molar-refractivity contribution >= 4 is 0 Å². The Kier molecular flexibility index (Phi) is 2.51. The number of aliphatic hydroxyl groups is 3. The van der Waals surface area contributed by atoms with Crippen LogP contribution in [0.1, 0.15) is 40.5 Å². The van der Waals surface area contributed by atoms with Crippen LogP contribution in [0.2, 0.25) is 0 Å². The molecule has 0 aromatic rings. The molecular weight excluding hydrogens is 228 g/mol. The summed E-state index contributed by atoms with van der Waals surface area (Å²) in [5, 5.41) is 31.3. The van der Waals surface area contributed by atoms with E-state index in [1.54, 1.807) is 0 Å². The molecule has 3 nitrogen and oxygen atoms in total. The first kappa shape index (κ1) is 12.9. The van der Waals surface area contributed by atoms with Crippen LogP contribution in [0.3, 0.4) is 0 Å². The summed E-state index contributed by atoms with van der Waals surface area (Å²) >= 11 is 0. The van der Waals surface area contributed by atoms with Gasteiger partial charge in [0.1, 0.15) is 0 Å². The predicted octanol–water partition coefficient (Wildman–Crippen LogP) is 1.41. The highest BCUT2D eigenvalue weighted by Crippen LogP contribution is 2.73. The summed E-state index contributed by atoms with van der Waals surface area (Å²) in [6, 6.07) is 0. The third-order valence-electron chi connectivity index (χ3n) is 6.73. The van der Waals surface area contributed by atoms with Gasteiger partial charge in [-0.1, -0.05) is 27.7 Å². The van der Waals surface area contributed by atoms with Crippen molar-refractivity contribution in [3.63, 3.8) is 0 Å². The van der Waals surface area contributed by atoms with Crippen LogP contribution in [0, 0.1) is 34.5 Å². The van der Waals surface area contributed by atoms with Crippen LogP contribution < -0.4 is 0 Å². The zero-order chi connectivity index (χ0) is 13.5. The molecule has 0 radical (unpaired) electrons. The SMILES string of the molecule is C[C@@H]1C[C@@H](O)[C@@H]2[C@@H]3[C@H]1[C@@]2(C)[C@H](O)C[C@@H](O)C3(C)C. The second kappa shape index (κ2) is 3.50. The lowest BCUT2D eigenvalue weighted by Gasteiger charge is -2.70. The Morgan fingerprint density at radius 2 is 1.44 bits per heavy atom. The first-order valence-corrected chi connectivity index (χ1v) is 7.26. The molecule has 0 aromatic carbocycles. The second-order valence-electron chi connectivity index (χ2n) is 7.81. The summed E-state index contributed by atoms with van der Waals surface area (Å²) in [7, 11) is 0. The number of hydrogen-bond donors (Lipinski definition) is 3. The van der Waals surface area contributed by atoms with E-state index in [1.807, 2.05) is 0 Å². The molecule has 104 valence electrons. The van der Waals surface area contributed by atoms with Crippen molar-refractivity contribution in [2.75, 3.05) is 0 Å². The van der Waals surface area contributed by atoms with E-state index >= 15 is 0 Å². The molecule has 4 saturated carbocycles. The monoisotopic (exact) mass is 254 g/mol. The Morgan fingerprint density at radius 3 is 2.00 bits per heavy atom. The average molecular weight is 254 g/mol. The number of hydrogen-bond acceptors (Lipinski definition) is 3. The number of rotatable bonds is 0. The maximum atomic E-state index is 10.5. The van der Waals surface area contributed by atoms with Gasteiger partial charge >= 0.3 is 0 Å². The van der Waals surface area contributed by atoms with E-state index in [-0.39, 0.29) is 22.9 Å². The van der Waals surface area contributed by atoms with E-state index in [2.05, 4.69) is 27.7 Å². The lowest BCUT2D eigenvalue weighted by Crippen LogP contribution is -2.71. The van der Waals surface area contributed by atoms with Gasteiger partial charge in [0.15, 0.2) is 0 Å². The molecule has 4 bridgehead atoms. The Labute approximate surface area is 109 Å². The predicted molar refractivity (Wildman–Crippen MR) is 68.8 cm³/mol. The molecule has 18 heavy (non-hydrogen) atoms. The minimum absolute atomic E-state index is 0.154. The highest BCUT2D eigenvalue weighted by atomic mass is 16.3. The maximum Gasteiger partial charge on any atom is 0.0625 e. The zero-order valence-electron chi connectivity index (χ0n) is 11.8. The van der Waals surface area contributed by atoms with E-state index in [4.69, 9.17) is 0 Å². The van der Waals surface area contributed by atoms with Crippen molar-refractivity contribution in [1.29, 1.82) is 0 Å². The molecule has 0 saturated heterocycles. The Morgan fingerprint density at radius 1 is 0.833 bits per heavy atom. The van der Waals surface area contributed by atoms with Gasteiger partial charge in [0, 0.05) is 11.8 Å². The van der Waals surface area contributed by atoms with Crippen LogP contribution in [-0.2, 0) is 0 Å². The van der Waals surface area contributed by atoms with Crippen LogP contribution in [0.15, 0.2) is 0 Å². The Hall–Kier alpha value is -0.120. The van der Waals surface area contributed by atoms with Crippen LogP contribution in [0.4, 0.5) is 0 Å². The van der Waals surface area contributed by atoms with Crippen LogP contribution >= 0.6 is 0 Å². The summed E-state index contributed by atoms with van der Waals surface area (Å²) < 4.78 is 0. The van der Waals surface area contributed by atoms with Gasteiger partial charge in [-0.25, -0.2) is 0 Å². The van der Waals surface area contributed by atoms with E-state index in [9.17, 15) is 15.3 Å². The lowest BCUT2D eigenvalue weighted by molar-refractivity contribution is -0.280. The van der Waals surface area contributed by atoms with Crippen molar-refractivity contribution in [2.24, 2.45) is 34.5 Å². The van der Waals surface area contributed by atoms with E-state index in [0.717, 1.165) is 6.42 Å². The van der Waals surface area contributed by atoms with Gasteiger partial charge in [-0.15, -0.1) is 0 Å². The van der Waals surface area contributed by atoms with Crippen molar-refractivity contribution < 1.29 is 15.3 Å². The molecule has 0 aliphatic heterocycles. The quantitative estimate of drug-likeness (QED) is 0.612. The highest BCUT2D eigenvalue weighted by Gasteiger charge is 2.73. The smallest absolute Gasteiger partial charge is 0.0625 e. The summed E-state index contributed by atoms with van der Waals surface area (Å²) in [4.78, 5) is 0. The van der Waals surface area contributed by atoms with Crippen LogP contribution in [0.5, 0.6) is 0 Å². The molecule has 4 aliphatic rings. The Bertz CT molecular complexity index is 349. The average Bonchev–Trinajstić information content (AvgIpc) is 2.31. The first-order chi connectivity index (χ1) is 8.22. The van der Waals surface area contributed by atoms with Gasteiger partial charge in [0.05, 0.1) is 18.3 Å². The van der Waals surface area contributed by atoms with Crippen molar-refractivity contribution in [2.45, 2.75) is 58.8 Å². The fraction of sp³-hybridized carbons (Fsp3) is 1.00. The standard InChI is InChI=1S/C15H26O3/c1-7-5-8(16)12-13-11(7)15(12,4)10(18)6-9(17)14(13,2)3/h7-13,16-18H,5-6H2,1-4H3/t7-,8-,9-,10-,11+,12-,13+,15-/m1/s1. The molecular formula is C15H26O3. The van der Waals surface area contributed by atoms with Gasteiger partial charge in [-0.2, -0.15) is 0 Å². The fourth-order valence-corrected chi connectivity index (χ4v) is 5.76. The van der Waals surface area contributed by atoms with E-state index in [0.29, 0.717) is 24.2 Å². The van der Waals surface area contributed by atoms with Gasteiger partial charge < -0.3 is 15.3 Å². The van der Waals surface area contributed by atoms with E-state index < -0.39 is 12.2 Å². The second-order valence-corrected chi connectivity index (χ2v) is 7.81. The molecule has 0 amide bonds. The van der Waals surface area contributed by atoms with Crippen molar-refractivity contribution in [1.82, 2.24) is 0 Å². The zero-order valence-corrected chi connectivity index (χ0v) is 11.8. The molecule has 0 heterocycles. The molecule has 4 rings (SSSR count). The molecule has 0 unspecified atom stereocenters. The van der Waals surface area contributed by atoms with Crippen molar-refractivity contribution in [3.05, 3.63) is 0 Å². The first-order valence-electron chi connectivity index (χ1n) is 7.26. The molecule has 4 fully saturated rings. The van der Waals surface area contributed by atoms with Crippen molar-refractivity contribution in [3.8, 4) is 0 Å². The van der Waals surface area contributed by atoms with Gasteiger partial charge in [-0.3, -0.25) is 0 Å². The fourth-order valence-electron chi connectivity index (χ4n) is 5.76. The molecule has 3 heteroatoms. The largest absolute Gasteiger partial charge is 0.393 e. The molecule has 0 spiro atoms. The van der Waals surface area contributed by atoms with Crippen LogP contribution in [0.25, 0.3) is 0 Å². The summed E-state index contributed by atoms with van der Waals surface area (Å²) in [6.07, 6.45) is 0.0220. The summed E-state index contributed by atoms with van der Waals surface area (Å²) in [5.74, 6) is 1.36. The summed E-state index contributed by atoms with van der Waals surface area (Å²) in [6.45, 7) is 8.51. The minimum atomic E-state index is -0.488. The molecule has 3 N–H and O–H groups in total. The normalized spacial score (nSPS) is 61.8. The van der Waals surface area contributed by atoms with Crippen LogP contribution in [-0.4, -0.2) is 33.6 Å². The molecule has 8 atom stereocenters. The number of fused-ring (bicyclic) bond motifs is 2. The summed E-state index contributed by atoms with van der Waals surface area (Å²) in [5.41, 5.74) is -0.404. The molecule has 4 aliphatic carbocycles. The minimum Gasteiger partial charge on any atom is -0.393 e. The lowest BCUT2D eigenvalue weighted by atomic mass is 9.35. The highest BCUT2D eigenvalue weighted by molar-refractivity contribution is 5.21. The number of aliphatic hydroxyl groups excluding tert-OH is 3. The van der Waals surface area contributed by atoms with E-state index in [1.165, 1.54) is 0 Å². The van der Waals surface area contributed by atoms with Gasteiger partial charge in [0.25, 0.3) is 0 Å². The Balaban J connectivity index is 2.10. The molecule has 0 aromatic heterocycles. The third kappa shape index (κ3) is 1.21. The van der Waals surface area contributed by atoms with Gasteiger partial charge in [0.2, 0.25) is 0 Å².